The van der Waals surface area contributed by atoms with Gasteiger partial charge in [0, 0.05) is 7.11 Å². The van der Waals surface area contributed by atoms with Gasteiger partial charge in [-0.2, -0.15) is 0 Å². The largest absolute Gasteiger partial charge is 0.381 e. The zero-order valence-corrected chi connectivity index (χ0v) is 6.04. The van der Waals surface area contributed by atoms with E-state index < -0.39 is 5.82 Å². The molecule has 1 rings (SSSR count). The number of rotatable bonds is 2. The third-order valence-electron chi connectivity index (χ3n) is 1.17. The molecule has 0 aliphatic heterocycles. The highest BCUT2D eigenvalue weighted by Gasteiger charge is 2.06. The van der Waals surface area contributed by atoms with Crippen LogP contribution in [0.4, 0.5) is 10.2 Å². The Kier molecular flexibility index (Phi) is 2.32. The fourth-order valence-electron chi connectivity index (χ4n) is 0.659. The van der Waals surface area contributed by atoms with Gasteiger partial charge in [0.05, 0.1) is 6.61 Å². The predicted octanol–water partition coefficient (Wildman–Crippen LogP) is 0.344. The summed E-state index contributed by atoms with van der Waals surface area (Å²) in [6.07, 6.45) is 1.20. The molecule has 0 radical (unpaired) electrons. The Hall–Kier alpha value is -1.23. The SMILES string of the molecule is COCc1ncnc(N)c1F. The van der Waals surface area contributed by atoms with Crippen molar-refractivity contribution in [3.05, 3.63) is 17.8 Å². The van der Waals surface area contributed by atoms with Gasteiger partial charge < -0.3 is 10.5 Å². The minimum absolute atomic E-state index is 0.110. The smallest absolute Gasteiger partial charge is 0.189 e. The van der Waals surface area contributed by atoms with Gasteiger partial charge >= 0.3 is 0 Å². The summed E-state index contributed by atoms with van der Waals surface area (Å²) in [5.74, 6) is -0.749. The fourth-order valence-corrected chi connectivity index (χ4v) is 0.659. The normalized spacial score (nSPS) is 10.0. The summed E-state index contributed by atoms with van der Waals surface area (Å²) in [6, 6.07) is 0. The molecule has 1 aromatic heterocycles. The molecule has 0 aliphatic rings. The van der Waals surface area contributed by atoms with E-state index in [1.54, 1.807) is 0 Å². The monoisotopic (exact) mass is 157 g/mol. The number of hydrogen-bond donors (Lipinski definition) is 1. The van der Waals surface area contributed by atoms with Crippen molar-refractivity contribution in [3.63, 3.8) is 0 Å². The van der Waals surface area contributed by atoms with Gasteiger partial charge in [0.15, 0.2) is 11.6 Å². The van der Waals surface area contributed by atoms with Crippen LogP contribution in [0.1, 0.15) is 5.69 Å². The molecule has 0 atom stereocenters. The highest BCUT2D eigenvalue weighted by molar-refractivity contribution is 5.30. The fraction of sp³-hybridized carbons (Fsp3) is 0.333. The van der Waals surface area contributed by atoms with Crippen molar-refractivity contribution in [2.45, 2.75) is 6.61 Å². The highest BCUT2D eigenvalue weighted by atomic mass is 19.1. The van der Waals surface area contributed by atoms with Crippen molar-refractivity contribution in [2.24, 2.45) is 0 Å². The second-order valence-corrected chi connectivity index (χ2v) is 1.95. The van der Waals surface area contributed by atoms with E-state index in [2.05, 4.69) is 14.7 Å². The number of nitrogen functional groups attached to an aromatic ring is 1. The number of aromatic nitrogens is 2. The highest BCUT2D eigenvalue weighted by Crippen LogP contribution is 2.08. The quantitative estimate of drug-likeness (QED) is 0.672. The molecule has 0 aromatic carbocycles. The van der Waals surface area contributed by atoms with Gasteiger partial charge in [-0.05, 0) is 0 Å². The van der Waals surface area contributed by atoms with Crippen LogP contribution in [0.2, 0.25) is 0 Å². The molecule has 0 saturated heterocycles. The predicted molar refractivity (Wildman–Crippen MR) is 37.1 cm³/mol. The number of anilines is 1. The van der Waals surface area contributed by atoms with Crippen molar-refractivity contribution in [1.29, 1.82) is 0 Å². The molecule has 11 heavy (non-hydrogen) atoms. The summed E-state index contributed by atoms with van der Waals surface area (Å²) in [5.41, 5.74) is 5.35. The molecule has 1 aromatic rings. The molecule has 0 bridgehead atoms. The van der Waals surface area contributed by atoms with Crippen LogP contribution in [0.25, 0.3) is 0 Å². The van der Waals surface area contributed by atoms with Gasteiger partial charge in [-0.25, -0.2) is 14.4 Å². The molecule has 60 valence electrons. The van der Waals surface area contributed by atoms with Gasteiger partial charge in [-0.15, -0.1) is 0 Å². The van der Waals surface area contributed by atoms with E-state index in [1.165, 1.54) is 13.4 Å². The Morgan fingerprint density at radius 1 is 1.64 bits per heavy atom. The molecule has 5 heteroatoms. The Labute approximate surface area is 63.2 Å². The molecule has 2 N–H and O–H groups in total. The molecule has 0 saturated carbocycles. The van der Waals surface area contributed by atoms with Crippen molar-refractivity contribution >= 4 is 5.82 Å². The van der Waals surface area contributed by atoms with Crippen molar-refractivity contribution in [1.82, 2.24) is 9.97 Å². The molecule has 0 amide bonds. The van der Waals surface area contributed by atoms with Crippen LogP contribution in [-0.2, 0) is 11.3 Å². The van der Waals surface area contributed by atoms with Gasteiger partial charge in [-0.1, -0.05) is 0 Å². The van der Waals surface area contributed by atoms with Crippen LogP contribution in [0, 0.1) is 5.82 Å². The van der Waals surface area contributed by atoms with Crippen LogP contribution >= 0.6 is 0 Å². The van der Waals surface area contributed by atoms with Crippen LogP contribution in [0.3, 0.4) is 0 Å². The zero-order chi connectivity index (χ0) is 8.27. The molecule has 0 spiro atoms. The molecular formula is C6H8FN3O. The van der Waals surface area contributed by atoms with Crippen LogP contribution < -0.4 is 5.73 Å². The second-order valence-electron chi connectivity index (χ2n) is 1.95. The van der Waals surface area contributed by atoms with Crippen LogP contribution in [0.15, 0.2) is 6.33 Å². The summed E-state index contributed by atoms with van der Waals surface area (Å²) < 4.78 is 17.5. The van der Waals surface area contributed by atoms with E-state index in [1.807, 2.05) is 0 Å². The number of nitrogens with two attached hydrogens (primary N) is 1. The first-order valence-electron chi connectivity index (χ1n) is 2.99. The van der Waals surface area contributed by atoms with Crippen molar-refractivity contribution < 1.29 is 9.13 Å². The summed E-state index contributed by atoms with van der Waals surface area (Å²) in [4.78, 5) is 7.10. The number of ether oxygens (including phenoxy) is 1. The lowest BCUT2D eigenvalue weighted by atomic mass is 10.4. The zero-order valence-electron chi connectivity index (χ0n) is 6.04. The maximum atomic E-state index is 12.9. The number of methoxy groups -OCH3 is 1. The topological polar surface area (TPSA) is 61.0 Å². The number of hydrogen-bond acceptors (Lipinski definition) is 4. The molecule has 0 unspecified atom stereocenters. The maximum Gasteiger partial charge on any atom is 0.189 e. The lowest BCUT2D eigenvalue weighted by Gasteiger charge is -2.00. The third kappa shape index (κ3) is 1.62. The summed E-state index contributed by atoms with van der Waals surface area (Å²) >= 11 is 0. The van der Waals surface area contributed by atoms with Crippen LogP contribution in [-0.4, -0.2) is 17.1 Å². The Morgan fingerprint density at radius 2 is 2.36 bits per heavy atom. The van der Waals surface area contributed by atoms with E-state index in [0.717, 1.165) is 0 Å². The Balaban J connectivity index is 2.96. The van der Waals surface area contributed by atoms with Crippen molar-refractivity contribution in [3.8, 4) is 0 Å². The third-order valence-corrected chi connectivity index (χ3v) is 1.17. The number of nitrogens with zero attached hydrogens (tertiary/aromatic N) is 2. The lowest BCUT2D eigenvalue weighted by Crippen LogP contribution is -2.03. The molecular weight excluding hydrogens is 149 g/mol. The van der Waals surface area contributed by atoms with E-state index in [9.17, 15) is 4.39 Å². The Morgan fingerprint density at radius 3 is 3.00 bits per heavy atom. The average molecular weight is 157 g/mol. The van der Waals surface area contributed by atoms with E-state index in [0.29, 0.717) is 0 Å². The first kappa shape index (κ1) is 7.87. The first-order valence-corrected chi connectivity index (χ1v) is 2.99. The van der Waals surface area contributed by atoms with E-state index >= 15 is 0 Å². The summed E-state index contributed by atoms with van der Waals surface area (Å²) in [7, 11) is 1.46. The molecule has 0 fully saturated rings. The van der Waals surface area contributed by atoms with Crippen molar-refractivity contribution in [2.75, 3.05) is 12.8 Å². The second kappa shape index (κ2) is 3.25. The lowest BCUT2D eigenvalue weighted by molar-refractivity contribution is 0.177. The minimum atomic E-state index is -0.602. The Bertz CT molecular complexity index is 254. The standard InChI is InChI=1S/C6H8FN3O/c1-11-2-4-5(7)6(8)10-3-9-4/h3H,2H2,1H3,(H2,8,9,10). The average Bonchev–Trinajstić information content (AvgIpc) is 1.99. The summed E-state index contributed by atoms with van der Waals surface area (Å²) in [6.45, 7) is 0.110. The van der Waals surface area contributed by atoms with Gasteiger partial charge in [0.2, 0.25) is 0 Å². The van der Waals surface area contributed by atoms with Gasteiger partial charge in [0.1, 0.15) is 12.0 Å². The molecule has 4 nitrogen and oxygen atoms in total. The summed E-state index contributed by atoms with van der Waals surface area (Å²) in [5, 5.41) is 0. The number of halogens is 1. The van der Waals surface area contributed by atoms with E-state index in [-0.39, 0.29) is 18.1 Å². The van der Waals surface area contributed by atoms with E-state index in [4.69, 9.17) is 5.73 Å². The molecule has 1 heterocycles. The first-order chi connectivity index (χ1) is 5.25. The maximum absolute atomic E-state index is 12.9. The molecule has 0 aliphatic carbocycles. The van der Waals surface area contributed by atoms with Gasteiger partial charge in [0.25, 0.3) is 0 Å². The minimum Gasteiger partial charge on any atom is -0.381 e. The van der Waals surface area contributed by atoms with Crippen LogP contribution in [0.5, 0.6) is 0 Å². The van der Waals surface area contributed by atoms with Gasteiger partial charge in [-0.3, -0.25) is 0 Å².